The van der Waals surface area contributed by atoms with Gasteiger partial charge in [-0.15, -0.1) is 0 Å². The average molecular weight is 348 g/mol. The molecule has 6 heteroatoms. The summed E-state index contributed by atoms with van der Waals surface area (Å²) in [6.07, 6.45) is 4.75. The molecule has 0 saturated heterocycles. The lowest BCUT2D eigenvalue weighted by atomic mass is 10.1. The fourth-order valence-corrected chi connectivity index (χ4v) is 3.48. The average Bonchev–Trinajstić information content (AvgIpc) is 3.09. The lowest BCUT2D eigenvalue weighted by molar-refractivity contribution is 0.621. The number of fused-ring (bicyclic) bond motifs is 1. The summed E-state index contributed by atoms with van der Waals surface area (Å²) in [7, 11) is 0. The summed E-state index contributed by atoms with van der Waals surface area (Å²) in [5.41, 5.74) is 9.78. The Labute approximate surface area is 153 Å². The lowest BCUT2D eigenvalue weighted by Gasteiger charge is -2.28. The molecular weight excluding hydrogens is 324 g/mol. The van der Waals surface area contributed by atoms with E-state index in [1.54, 1.807) is 0 Å². The Morgan fingerprint density at radius 2 is 2.00 bits per heavy atom. The molecule has 1 aliphatic rings. The predicted molar refractivity (Wildman–Crippen MR) is 103 cm³/mol. The number of nitrogens with zero attached hydrogens (tertiary/aromatic N) is 5. The minimum atomic E-state index is 0.533. The van der Waals surface area contributed by atoms with E-state index < -0.39 is 0 Å². The highest BCUT2D eigenvalue weighted by molar-refractivity contribution is 5.48. The van der Waals surface area contributed by atoms with Gasteiger partial charge in [-0.05, 0) is 12.0 Å². The van der Waals surface area contributed by atoms with Gasteiger partial charge in [0.25, 0.3) is 0 Å². The van der Waals surface area contributed by atoms with Crippen LogP contribution in [0.1, 0.15) is 29.7 Å². The van der Waals surface area contributed by atoms with Gasteiger partial charge in [-0.2, -0.15) is 0 Å². The predicted octanol–water partition coefficient (Wildman–Crippen LogP) is 2.62. The Morgan fingerprint density at radius 1 is 1.15 bits per heavy atom. The molecule has 1 aromatic carbocycles. The lowest BCUT2D eigenvalue weighted by Crippen LogP contribution is -2.32. The van der Waals surface area contributed by atoms with Gasteiger partial charge in [0, 0.05) is 37.7 Å². The molecule has 0 saturated carbocycles. The van der Waals surface area contributed by atoms with Crippen molar-refractivity contribution in [2.45, 2.75) is 39.3 Å². The van der Waals surface area contributed by atoms with Crippen LogP contribution in [0.2, 0.25) is 0 Å². The minimum Gasteiger partial charge on any atom is -0.384 e. The van der Waals surface area contributed by atoms with Crippen LogP contribution in [0.5, 0.6) is 0 Å². The normalized spacial score (nSPS) is 13.7. The molecular formula is C20H24N6. The van der Waals surface area contributed by atoms with Crippen molar-refractivity contribution < 1.29 is 0 Å². The summed E-state index contributed by atoms with van der Waals surface area (Å²) in [4.78, 5) is 15.8. The number of nitrogens with two attached hydrogens (primary N) is 1. The summed E-state index contributed by atoms with van der Waals surface area (Å²) >= 11 is 0. The molecule has 26 heavy (non-hydrogen) atoms. The van der Waals surface area contributed by atoms with Crippen LogP contribution in [0.25, 0.3) is 0 Å². The number of rotatable bonds is 5. The van der Waals surface area contributed by atoms with E-state index in [0.717, 1.165) is 56.2 Å². The summed E-state index contributed by atoms with van der Waals surface area (Å²) in [5, 5.41) is 0. The highest BCUT2D eigenvalue weighted by Gasteiger charge is 2.22. The third kappa shape index (κ3) is 3.40. The van der Waals surface area contributed by atoms with Crippen molar-refractivity contribution in [2.75, 3.05) is 17.2 Å². The van der Waals surface area contributed by atoms with Gasteiger partial charge in [0.05, 0.1) is 18.6 Å². The van der Waals surface area contributed by atoms with E-state index in [9.17, 15) is 0 Å². The van der Waals surface area contributed by atoms with Gasteiger partial charge in [0.2, 0.25) is 0 Å². The number of imidazole rings is 1. The highest BCUT2D eigenvalue weighted by atomic mass is 15.2. The van der Waals surface area contributed by atoms with Gasteiger partial charge in [0.15, 0.2) is 0 Å². The molecule has 1 aliphatic heterocycles. The fourth-order valence-electron chi connectivity index (χ4n) is 3.48. The number of benzene rings is 1. The molecule has 0 fully saturated rings. The molecule has 0 amide bonds. The quantitative estimate of drug-likeness (QED) is 0.767. The van der Waals surface area contributed by atoms with E-state index in [0.29, 0.717) is 5.82 Å². The summed E-state index contributed by atoms with van der Waals surface area (Å²) in [5.74, 6) is 2.23. The van der Waals surface area contributed by atoms with Crippen LogP contribution in [-0.2, 0) is 32.4 Å². The monoisotopic (exact) mass is 348 g/mol. The maximum absolute atomic E-state index is 5.94. The second kappa shape index (κ2) is 7.15. The maximum atomic E-state index is 5.94. The van der Waals surface area contributed by atoms with Crippen LogP contribution in [0.4, 0.5) is 11.6 Å². The van der Waals surface area contributed by atoms with Gasteiger partial charge < -0.3 is 15.2 Å². The van der Waals surface area contributed by atoms with Crippen molar-refractivity contribution >= 4 is 11.6 Å². The van der Waals surface area contributed by atoms with E-state index in [1.165, 1.54) is 11.3 Å². The van der Waals surface area contributed by atoms with Crippen molar-refractivity contribution in [3.63, 3.8) is 0 Å². The fraction of sp³-hybridized carbons (Fsp3) is 0.350. The molecule has 6 nitrogen and oxygen atoms in total. The Hall–Kier alpha value is -2.89. The summed E-state index contributed by atoms with van der Waals surface area (Å²) in [6.45, 7) is 4.70. The standard InChI is InChI=1S/C20H24N6/c1-2-19-23-18(21)12-20(24-19)25-11-9-17-16(13-25)22-14-26(17)10-8-15-6-4-3-5-7-15/h3-7,12,14H,2,8-11,13H2,1H3,(H2,21,23,24). The third-order valence-electron chi connectivity index (χ3n) is 4.90. The van der Waals surface area contributed by atoms with Crippen molar-refractivity contribution in [2.24, 2.45) is 0 Å². The van der Waals surface area contributed by atoms with E-state index in [-0.39, 0.29) is 0 Å². The van der Waals surface area contributed by atoms with Crippen LogP contribution < -0.4 is 10.6 Å². The number of hydrogen-bond acceptors (Lipinski definition) is 5. The zero-order valence-corrected chi connectivity index (χ0v) is 15.1. The number of anilines is 2. The first-order valence-corrected chi connectivity index (χ1v) is 9.18. The first kappa shape index (κ1) is 16.6. The van der Waals surface area contributed by atoms with Gasteiger partial charge in [-0.25, -0.2) is 15.0 Å². The van der Waals surface area contributed by atoms with Crippen LogP contribution in [-0.4, -0.2) is 26.1 Å². The Morgan fingerprint density at radius 3 is 2.81 bits per heavy atom. The number of nitrogen functional groups attached to an aromatic ring is 1. The number of hydrogen-bond donors (Lipinski definition) is 1. The molecule has 0 bridgehead atoms. The molecule has 3 aromatic rings. The zero-order valence-electron chi connectivity index (χ0n) is 15.1. The number of aryl methyl sites for hydroxylation is 3. The molecule has 4 rings (SSSR count). The van der Waals surface area contributed by atoms with Crippen LogP contribution in [0, 0.1) is 0 Å². The largest absolute Gasteiger partial charge is 0.384 e. The maximum Gasteiger partial charge on any atom is 0.134 e. The zero-order chi connectivity index (χ0) is 17.9. The second-order valence-electron chi connectivity index (χ2n) is 6.66. The van der Waals surface area contributed by atoms with E-state index in [1.807, 2.05) is 19.3 Å². The van der Waals surface area contributed by atoms with E-state index >= 15 is 0 Å². The molecule has 2 aromatic heterocycles. The second-order valence-corrected chi connectivity index (χ2v) is 6.66. The van der Waals surface area contributed by atoms with Crippen molar-refractivity contribution in [1.29, 1.82) is 0 Å². The van der Waals surface area contributed by atoms with Crippen molar-refractivity contribution in [1.82, 2.24) is 19.5 Å². The third-order valence-corrected chi connectivity index (χ3v) is 4.90. The molecule has 0 atom stereocenters. The van der Waals surface area contributed by atoms with Gasteiger partial charge >= 0.3 is 0 Å². The van der Waals surface area contributed by atoms with Gasteiger partial charge in [-0.3, -0.25) is 0 Å². The van der Waals surface area contributed by atoms with E-state index in [2.05, 4.69) is 54.8 Å². The Kier molecular flexibility index (Phi) is 4.56. The SMILES string of the molecule is CCc1nc(N)cc(N2CCc3c(ncn3CCc3ccccc3)C2)n1. The topological polar surface area (TPSA) is 72.9 Å². The van der Waals surface area contributed by atoms with Crippen molar-refractivity contribution in [3.05, 3.63) is 65.5 Å². The molecule has 3 heterocycles. The Bertz CT molecular complexity index is 887. The van der Waals surface area contributed by atoms with Crippen LogP contribution in [0.3, 0.4) is 0 Å². The molecule has 0 radical (unpaired) electrons. The van der Waals surface area contributed by atoms with Gasteiger partial charge in [-0.1, -0.05) is 37.3 Å². The molecule has 134 valence electrons. The molecule has 0 aliphatic carbocycles. The summed E-state index contributed by atoms with van der Waals surface area (Å²) < 4.78 is 2.30. The Balaban J connectivity index is 1.48. The summed E-state index contributed by atoms with van der Waals surface area (Å²) in [6, 6.07) is 12.5. The molecule has 2 N–H and O–H groups in total. The minimum absolute atomic E-state index is 0.533. The van der Waals surface area contributed by atoms with E-state index in [4.69, 9.17) is 5.73 Å². The first-order chi connectivity index (χ1) is 12.7. The molecule has 0 spiro atoms. The van der Waals surface area contributed by atoms with Gasteiger partial charge in [0.1, 0.15) is 17.5 Å². The first-order valence-electron chi connectivity index (χ1n) is 9.18. The van der Waals surface area contributed by atoms with Crippen molar-refractivity contribution in [3.8, 4) is 0 Å². The van der Waals surface area contributed by atoms with Crippen LogP contribution in [0.15, 0.2) is 42.7 Å². The molecule has 0 unspecified atom stereocenters. The smallest absolute Gasteiger partial charge is 0.134 e. The number of aromatic nitrogens is 4. The highest BCUT2D eigenvalue weighted by Crippen LogP contribution is 2.24. The van der Waals surface area contributed by atoms with Crippen LogP contribution >= 0.6 is 0 Å².